The van der Waals surface area contributed by atoms with Gasteiger partial charge in [0.1, 0.15) is 9.22 Å². The van der Waals surface area contributed by atoms with Crippen LogP contribution in [-0.2, 0) is 14.8 Å². The van der Waals surface area contributed by atoms with E-state index in [-0.39, 0.29) is 24.4 Å². The van der Waals surface area contributed by atoms with Crippen LogP contribution in [0.2, 0.25) is 0 Å². The lowest BCUT2D eigenvalue weighted by atomic mass is 9.97. The lowest BCUT2D eigenvalue weighted by molar-refractivity contribution is -0.137. The Morgan fingerprint density at radius 2 is 2.00 bits per heavy atom. The molecule has 1 aliphatic heterocycles. The van der Waals surface area contributed by atoms with Crippen molar-refractivity contribution in [3.05, 3.63) is 46.3 Å². The number of carbonyl (C=O) groups excluding carboxylic acids is 1. The summed E-state index contributed by atoms with van der Waals surface area (Å²) in [4.78, 5) is 20.6. The number of aromatic nitrogens is 1. The fourth-order valence-corrected chi connectivity index (χ4v) is 7.78. The summed E-state index contributed by atoms with van der Waals surface area (Å²) in [6, 6.07) is 11.2. The highest BCUT2D eigenvalue weighted by molar-refractivity contribution is 7.91. The molecule has 30 heavy (non-hydrogen) atoms. The maximum absolute atomic E-state index is 13.2. The summed E-state index contributed by atoms with van der Waals surface area (Å²) in [5, 5.41) is 0.890. The molecule has 4 rings (SSSR count). The van der Waals surface area contributed by atoms with Gasteiger partial charge in [-0.3, -0.25) is 4.79 Å². The Morgan fingerprint density at radius 1 is 1.23 bits per heavy atom. The quantitative estimate of drug-likeness (QED) is 0.566. The predicted molar refractivity (Wildman–Crippen MR) is 121 cm³/mol. The van der Waals surface area contributed by atoms with Crippen molar-refractivity contribution in [1.82, 2.24) is 14.2 Å². The first kappa shape index (κ1) is 21.4. The van der Waals surface area contributed by atoms with E-state index in [2.05, 4.69) is 4.98 Å². The predicted octanol–water partition coefficient (Wildman–Crippen LogP) is 4.29. The average molecular weight is 464 g/mol. The highest BCUT2D eigenvalue weighted by Crippen LogP contribution is 2.32. The molecule has 1 fully saturated rings. The molecule has 0 bridgehead atoms. The van der Waals surface area contributed by atoms with Gasteiger partial charge in [-0.05, 0) is 51.0 Å². The number of hydrogen-bond acceptors (Lipinski definition) is 6. The van der Waals surface area contributed by atoms with Gasteiger partial charge in [0.05, 0.1) is 22.2 Å². The van der Waals surface area contributed by atoms with Crippen molar-refractivity contribution in [2.45, 2.75) is 36.9 Å². The number of amides is 1. The van der Waals surface area contributed by atoms with E-state index in [1.54, 1.807) is 29.4 Å². The smallest absolute Gasteiger partial charge is 0.252 e. The van der Waals surface area contributed by atoms with Gasteiger partial charge in [0, 0.05) is 25.0 Å². The Balaban J connectivity index is 1.49. The Bertz CT molecular complexity index is 1140. The minimum absolute atomic E-state index is 0.0241. The number of aryl methyl sites for hydroxylation is 1. The van der Waals surface area contributed by atoms with E-state index < -0.39 is 10.0 Å². The Hall–Kier alpha value is -1.81. The number of thiazole rings is 1. The Labute approximate surface area is 185 Å². The van der Waals surface area contributed by atoms with Crippen LogP contribution >= 0.6 is 22.7 Å². The summed E-state index contributed by atoms with van der Waals surface area (Å²) in [5.41, 5.74) is 0.936. The number of benzene rings is 1. The molecule has 3 heterocycles. The second-order valence-corrected chi connectivity index (χ2v) is 12.2. The molecule has 1 aromatic carbocycles. The van der Waals surface area contributed by atoms with Crippen LogP contribution in [-0.4, -0.2) is 48.7 Å². The molecule has 0 N–H and O–H groups in total. The first-order valence-corrected chi connectivity index (χ1v) is 13.0. The SMILES string of the molecule is Cc1ccc(S(=O)(=O)N2CCCC(C(=O)N(C)C(C)c3nc4ccccc4s3)C2)s1. The maximum atomic E-state index is 13.2. The largest absolute Gasteiger partial charge is 0.336 e. The Kier molecular flexibility index (Phi) is 5.98. The van der Waals surface area contributed by atoms with Crippen molar-refractivity contribution in [3.63, 3.8) is 0 Å². The van der Waals surface area contributed by atoms with E-state index in [4.69, 9.17) is 0 Å². The number of hydrogen-bond donors (Lipinski definition) is 0. The Morgan fingerprint density at radius 3 is 2.70 bits per heavy atom. The van der Waals surface area contributed by atoms with Gasteiger partial charge in [-0.2, -0.15) is 4.31 Å². The van der Waals surface area contributed by atoms with Gasteiger partial charge in [-0.1, -0.05) is 12.1 Å². The summed E-state index contributed by atoms with van der Waals surface area (Å²) < 4.78 is 28.9. The number of nitrogens with zero attached hydrogens (tertiary/aromatic N) is 3. The third-order valence-corrected chi connectivity index (χ3v) is 10.2. The van der Waals surface area contributed by atoms with Crippen molar-refractivity contribution in [3.8, 4) is 0 Å². The van der Waals surface area contributed by atoms with Gasteiger partial charge < -0.3 is 4.90 Å². The molecule has 3 aromatic rings. The van der Waals surface area contributed by atoms with Crippen molar-refractivity contribution in [1.29, 1.82) is 0 Å². The van der Waals surface area contributed by atoms with Crippen LogP contribution in [0.5, 0.6) is 0 Å². The second kappa shape index (κ2) is 8.37. The molecule has 0 spiro atoms. The van der Waals surface area contributed by atoms with Crippen molar-refractivity contribution in [2.24, 2.45) is 5.92 Å². The van der Waals surface area contributed by atoms with Gasteiger partial charge in [-0.15, -0.1) is 22.7 Å². The lowest BCUT2D eigenvalue weighted by Crippen LogP contribution is -2.46. The molecule has 2 atom stereocenters. The molecular formula is C21H25N3O3S3. The second-order valence-electron chi connectivity index (χ2n) is 7.71. The van der Waals surface area contributed by atoms with Crippen molar-refractivity contribution in [2.75, 3.05) is 20.1 Å². The molecule has 0 radical (unpaired) electrons. The number of carbonyl (C=O) groups is 1. The van der Waals surface area contributed by atoms with Gasteiger partial charge in [0.25, 0.3) is 10.0 Å². The number of thiophene rings is 1. The lowest BCUT2D eigenvalue weighted by Gasteiger charge is -2.34. The van der Waals surface area contributed by atoms with Gasteiger partial charge in [-0.25, -0.2) is 13.4 Å². The van der Waals surface area contributed by atoms with E-state index in [1.165, 1.54) is 15.6 Å². The minimum Gasteiger partial charge on any atom is -0.336 e. The summed E-state index contributed by atoms with van der Waals surface area (Å²) in [6.07, 6.45) is 1.38. The van der Waals surface area contributed by atoms with Crippen LogP contribution in [0.25, 0.3) is 10.2 Å². The standard InChI is InChI=1S/C21H25N3O3S3/c1-14-10-11-19(28-14)30(26,27)24-12-6-7-16(13-24)21(25)23(3)15(2)20-22-17-8-4-5-9-18(17)29-20/h4-5,8-11,15-16H,6-7,12-13H2,1-3H3. The van der Waals surface area contributed by atoms with Gasteiger partial charge in [0.15, 0.2) is 0 Å². The third-order valence-electron chi connectivity index (χ3n) is 5.64. The fourth-order valence-electron chi connectivity index (χ4n) is 3.75. The number of piperidine rings is 1. The maximum Gasteiger partial charge on any atom is 0.252 e. The molecule has 1 saturated heterocycles. The van der Waals surface area contributed by atoms with Crippen LogP contribution in [0.15, 0.2) is 40.6 Å². The molecule has 2 unspecified atom stereocenters. The highest BCUT2D eigenvalue weighted by atomic mass is 32.2. The highest BCUT2D eigenvalue weighted by Gasteiger charge is 2.36. The monoisotopic (exact) mass is 463 g/mol. The molecule has 1 aliphatic rings. The van der Waals surface area contributed by atoms with Gasteiger partial charge >= 0.3 is 0 Å². The van der Waals surface area contributed by atoms with E-state index in [9.17, 15) is 13.2 Å². The number of para-hydroxylation sites is 1. The first-order valence-electron chi connectivity index (χ1n) is 9.96. The van der Waals surface area contributed by atoms with Crippen LogP contribution in [0.3, 0.4) is 0 Å². The number of sulfonamides is 1. The molecule has 0 saturated carbocycles. The van der Waals surface area contributed by atoms with Crippen molar-refractivity contribution >= 4 is 48.8 Å². The summed E-state index contributed by atoms with van der Waals surface area (Å²) >= 11 is 2.87. The fraction of sp³-hybridized carbons (Fsp3) is 0.429. The zero-order valence-electron chi connectivity index (χ0n) is 17.2. The van der Waals surface area contributed by atoms with E-state index in [1.807, 2.05) is 44.2 Å². The van der Waals surface area contributed by atoms with Crippen LogP contribution in [0.4, 0.5) is 0 Å². The molecule has 1 amide bonds. The number of rotatable bonds is 5. The van der Waals surface area contributed by atoms with Gasteiger partial charge in [0.2, 0.25) is 5.91 Å². The zero-order chi connectivity index (χ0) is 21.5. The molecule has 6 nitrogen and oxygen atoms in total. The molecule has 9 heteroatoms. The molecule has 160 valence electrons. The summed E-state index contributed by atoms with van der Waals surface area (Å²) in [5.74, 6) is -0.361. The molecule has 2 aromatic heterocycles. The minimum atomic E-state index is -3.55. The van der Waals surface area contributed by atoms with Crippen LogP contribution in [0, 0.1) is 12.8 Å². The first-order chi connectivity index (χ1) is 14.3. The number of fused-ring (bicyclic) bond motifs is 1. The van der Waals surface area contributed by atoms with E-state index >= 15 is 0 Å². The summed E-state index contributed by atoms with van der Waals surface area (Å²) in [6.45, 7) is 4.56. The van der Waals surface area contributed by atoms with E-state index in [0.29, 0.717) is 23.6 Å². The third kappa shape index (κ3) is 4.03. The molecular weight excluding hydrogens is 438 g/mol. The van der Waals surface area contributed by atoms with Crippen LogP contribution < -0.4 is 0 Å². The summed E-state index contributed by atoms with van der Waals surface area (Å²) in [7, 11) is -1.77. The molecule has 0 aliphatic carbocycles. The average Bonchev–Trinajstić information content (AvgIpc) is 3.38. The normalized spacial score (nSPS) is 19.1. The zero-order valence-corrected chi connectivity index (χ0v) is 19.7. The van der Waals surface area contributed by atoms with Crippen LogP contribution in [0.1, 0.15) is 35.7 Å². The van der Waals surface area contributed by atoms with Crippen molar-refractivity contribution < 1.29 is 13.2 Å². The van der Waals surface area contributed by atoms with E-state index in [0.717, 1.165) is 20.1 Å². The topological polar surface area (TPSA) is 70.6 Å².